The lowest BCUT2D eigenvalue weighted by Gasteiger charge is -2.04. The molecule has 0 amide bonds. The van der Waals surface area contributed by atoms with E-state index in [1.165, 1.54) is 22.5 Å². The normalized spacial score (nSPS) is 11.1. The highest BCUT2D eigenvalue weighted by atomic mass is 32.1. The Kier molecular flexibility index (Phi) is 5.30. The summed E-state index contributed by atoms with van der Waals surface area (Å²) >= 11 is 1.39. The zero-order valence-electron chi connectivity index (χ0n) is 14.8. The summed E-state index contributed by atoms with van der Waals surface area (Å²) < 4.78 is 5.17. The van der Waals surface area contributed by atoms with Gasteiger partial charge in [0.05, 0.1) is 18.5 Å². The Morgan fingerprint density at radius 3 is 2.58 bits per heavy atom. The molecule has 1 N–H and O–H groups in total. The van der Waals surface area contributed by atoms with Gasteiger partial charge in [-0.15, -0.1) is 11.3 Å². The standard InChI is InChI=1S/C20H18N4OS/c1-13-4-7-16(10-14(13)2)23-24-18(11-21)20-22-19(12-26-20)15-5-8-17(25-3)9-6-15/h4-10,12,23H,1-3H3/b24-18+. The third kappa shape index (κ3) is 3.90. The van der Waals surface area contributed by atoms with Crippen molar-refractivity contribution < 1.29 is 4.74 Å². The molecule has 0 radical (unpaired) electrons. The second-order valence-corrected chi connectivity index (χ2v) is 6.61. The van der Waals surface area contributed by atoms with Crippen molar-refractivity contribution >= 4 is 22.7 Å². The van der Waals surface area contributed by atoms with Crippen LogP contribution >= 0.6 is 11.3 Å². The first-order valence-electron chi connectivity index (χ1n) is 8.02. The lowest BCUT2D eigenvalue weighted by molar-refractivity contribution is 0.415. The molecule has 3 aromatic rings. The highest BCUT2D eigenvalue weighted by Crippen LogP contribution is 2.24. The van der Waals surface area contributed by atoms with Crippen LogP contribution in [-0.2, 0) is 0 Å². The van der Waals surface area contributed by atoms with Crippen molar-refractivity contribution in [2.24, 2.45) is 5.10 Å². The van der Waals surface area contributed by atoms with Gasteiger partial charge in [0, 0.05) is 10.9 Å². The number of anilines is 1. The van der Waals surface area contributed by atoms with Gasteiger partial charge in [-0.25, -0.2) is 4.98 Å². The van der Waals surface area contributed by atoms with Gasteiger partial charge in [-0.1, -0.05) is 6.07 Å². The van der Waals surface area contributed by atoms with Crippen LogP contribution in [0, 0.1) is 25.2 Å². The number of ether oxygens (including phenoxy) is 1. The van der Waals surface area contributed by atoms with Crippen LogP contribution in [-0.4, -0.2) is 17.8 Å². The average molecular weight is 362 g/mol. The molecule has 26 heavy (non-hydrogen) atoms. The number of nitriles is 1. The van der Waals surface area contributed by atoms with E-state index in [1.807, 2.05) is 54.8 Å². The van der Waals surface area contributed by atoms with Gasteiger partial charge >= 0.3 is 0 Å². The fraction of sp³-hybridized carbons (Fsp3) is 0.150. The highest BCUT2D eigenvalue weighted by Gasteiger charge is 2.11. The maximum atomic E-state index is 9.43. The van der Waals surface area contributed by atoms with Gasteiger partial charge in [-0.3, -0.25) is 5.43 Å². The molecule has 0 spiro atoms. The molecule has 0 aliphatic heterocycles. The third-order valence-corrected chi connectivity index (χ3v) is 4.85. The lowest BCUT2D eigenvalue weighted by Crippen LogP contribution is -2.01. The van der Waals surface area contributed by atoms with E-state index >= 15 is 0 Å². The lowest BCUT2D eigenvalue weighted by atomic mass is 10.1. The number of nitrogens with zero attached hydrogens (tertiary/aromatic N) is 3. The minimum absolute atomic E-state index is 0.257. The number of nitrogens with one attached hydrogen (secondary N) is 1. The minimum Gasteiger partial charge on any atom is -0.497 e. The first kappa shape index (κ1) is 17.6. The molecule has 130 valence electrons. The number of aromatic nitrogens is 1. The van der Waals surface area contributed by atoms with E-state index < -0.39 is 0 Å². The second kappa shape index (κ2) is 7.81. The molecule has 0 aliphatic rings. The van der Waals surface area contributed by atoms with Crippen molar-refractivity contribution in [3.63, 3.8) is 0 Å². The van der Waals surface area contributed by atoms with Crippen LogP contribution in [0.25, 0.3) is 11.3 Å². The average Bonchev–Trinajstić information content (AvgIpc) is 3.15. The minimum atomic E-state index is 0.257. The van der Waals surface area contributed by atoms with Gasteiger partial charge < -0.3 is 4.74 Å². The van der Waals surface area contributed by atoms with Crippen LogP contribution in [0.2, 0.25) is 0 Å². The Balaban J connectivity index is 1.81. The molecule has 6 heteroatoms. The molecule has 1 heterocycles. The smallest absolute Gasteiger partial charge is 0.196 e. The van der Waals surface area contributed by atoms with Crippen LogP contribution in [0.15, 0.2) is 52.9 Å². The number of benzene rings is 2. The van der Waals surface area contributed by atoms with Gasteiger partial charge in [0.1, 0.15) is 11.8 Å². The van der Waals surface area contributed by atoms with E-state index in [9.17, 15) is 5.26 Å². The summed E-state index contributed by atoms with van der Waals surface area (Å²) in [6, 6.07) is 15.7. The zero-order chi connectivity index (χ0) is 18.5. The summed E-state index contributed by atoms with van der Waals surface area (Å²) in [5, 5.41) is 16.2. The largest absolute Gasteiger partial charge is 0.497 e. The summed E-state index contributed by atoms with van der Waals surface area (Å²) in [7, 11) is 1.63. The number of aryl methyl sites for hydroxylation is 2. The van der Waals surface area contributed by atoms with Gasteiger partial charge in [0.2, 0.25) is 0 Å². The number of hydrogen-bond donors (Lipinski definition) is 1. The first-order chi connectivity index (χ1) is 12.6. The Morgan fingerprint density at radius 1 is 1.15 bits per heavy atom. The highest BCUT2D eigenvalue weighted by molar-refractivity contribution is 7.12. The van der Waals surface area contributed by atoms with E-state index in [2.05, 4.69) is 28.5 Å². The Morgan fingerprint density at radius 2 is 1.92 bits per heavy atom. The molecule has 0 aliphatic carbocycles. The van der Waals surface area contributed by atoms with E-state index in [0.717, 1.165) is 22.7 Å². The molecule has 0 atom stereocenters. The Labute approximate surface area is 156 Å². The fourth-order valence-electron chi connectivity index (χ4n) is 2.33. The summed E-state index contributed by atoms with van der Waals surface area (Å²) in [5.74, 6) is 0.793. The SMILES string of the molecule is COc1ccc(-c2csc(/C(C#N)=N/Nc3ccc(C)c(C)c3)n2)cc1. The van der Waals surface area contributed by atoms with Crippen LogP contribution in [0.4, 0.5) is 5.69 Å². The van der Waals surface area contributed by atoms with E-state index in [1.54, 1.807) is 7.11 Å². The first-order valence-corrected chi connectivity index (χ1v) is 8.90. The van der Waals surface area contributed by atoms with Crippen molar-refractivity contribution in [1.29, 1.82) is 5.26 Å². The number of thiazole rings is 1. The third-order valence-electron chi connectivity index (χ3n) is 4.00. The fourth-order valence-corrected chi connectivity index (χ4v) is 3.09. The molecule has 0 unspecified atom stereocenters. The van der Waals surface area contributed by atoms with Crippen molar-refractivity contribution in [3.8, 4) is 23.1 Å². The molecule has 5 nitrogen and oxygen atoms in total. The molecule has 2 aromatic carbocycles. The second-order valence-electron chi connectivity index (χ2n) is 5.75. The topological polar surface area (TPSA) is 70.3 Å². The molecular formula is C20H18N4OS. The predicted molar refractivity (Wildman–Crippen MR) is 106 cm³/mol. The predicted octanol–water partition coefficient (Wildman–Crippen LogP) is 4.78. The molecule has 0 fully saturated rings. The summed E-state index contributed by atoms with van der Waals surface area (Å²) in [6.45, 7) is 4.09. The van der Waals surface area contributed by atoms with Crippen molar-refractivity contribution in [2.75, 3.05) is 12.5 Å². The van der Waals surface area contributed by atoms with Crippen LogP contribution in [0.3, 0.4) is 0 Å². The van der Waals surface area contributed by atoms with Crippen LogP contribution in [0.5, 0.6) is 5.75 Å². The van der Waals surface area contributed by atoms with Crippen LogP contribution < -0.4 is 10.2 Å². The Hall–Kier alpha value is -3.17. The van der Waals surface area contributed by atoms with Gasteiger partial charge in [-0.2, -0.15) is 10.4 Å². The maximum absolute atomic E-state index is 9.43. The molecular weight excluding hydrogens is 344 g/mol. The zero-order valence-corrected chi connectivity index (χ0v) is 15.6. The van der Waals surface area contributed by atoms with E-state index in [0.29, 0.717) is 5.01 Å². The van der Waals surface area contributed by atoms with Gasteiger partial charge in [0.15, 0.2) is 10.7 Å². The monoisotopic (exact) mass is 362 g/mol. The molecule has 0 bridgehead atoms. The van der Waals surface area contributed by atoms with E-state index in [4.69, 9.17) is 4.74 Å². The Bertz CT molecular complexity index is 984. The summed E-state index contributed by atoms with van der Waals surface area (Å²) in [4.78, 5) is 4.54. The summed E-state index contributed by atoms with van der Waals surface area (Å²) in [5.41, 5.74) is 8.19. The van der Waals surface area contributed by atoms with Crippen molar-refractivity contribution in [1.82, 2.24) is 4.98 Å². The summed E-state index contributed by atoms with van der Waals surface area (Å²) in [6.07, 6.45) is 0. The molecule has 1 aromatic heterocycles. The van der Waals surface area contributed by atoms with Crippen molar-refractivity contribution in [2.45, 2.75) is 13.8 Å². The maximum Gasteiger partial charge on any atom is 0.196 e. The number of rotatable bonds is 5. The quantitative estimate of drug-likeness (QED) is 0.524. The van der Waals surface area contributed by atoms with Crippen LogP contribution in [0.1, 0.15) is 16.1 Å². The molecule has 3 rings (SSSR count). The number of hydrogen-bond acceptors (Lipinski definition) is 6. The molecule has 0 saturated heterocycles. The van der Waals surface area contributed by atoms with Crippen molar-refractivity contribution in [3.05, 3.63) is 64.0 Å². The molecule has 0 saturated carbocycles. The van der Waals surface area contributed by atoms with Gasteiger partial charge in [0.25, 0.3) is 0 Å². The van der Waals surface area contributed by atoms with E-state index in [-0.39, 0.29) is 5.71 Å². The number of hydrazone groups is 1. The number of methoxy groups -OCH3 is 1. The van der Waals surface area contributed by atoms with Gasteiger partial charge in [-0.05, 0) is 61.4 Å².